The summed E-state index contributed by atoms with van der Waals surface area (Å²) in [5.74, 6) is 1.07. The van der Waals surface area contributed by atoms with E-state index < -0.39 is 0 Å². The van der Waals surface area contributed by atoms with Crippen molar-refractivity contribution in [2.75, 3.05) is 53.0 Å². The second-order valence-electron chi connectivity index (χ2n) is 8.11. The molecule has 0 saturated carbocycles. The molecule has 0 aromatic carbocycles. The average Bonchev–Trinajstić information content (AvgIpc) is 3.08. The number of amides is 1. The molecule has 2 atom stereocenters. The third-order valence-electron chi connectivity index (χ3n) is 6.23. The molecule has 0 aliphatic carbocycles. The minimum atomic E-state index is 0.329. The van der Waals surface area contributed by atoms with Crippen molar-refractivity contribution in [3.8, 4) is 0 Å². The molecule has 0 aromatic rings. The standard InChI is InChI=1S/C19H35N3O2/c1-16-5-3-4-9-22(16)19(23)14-20(2)18-6-10-21(11-7-18)13-17-8-12-24-15-17/h16-18H,3-15H2,1-2H3/t16-,17+/m1/s1. The molecule has 3 aliphatic heterocycles. The van der Waals surface area contributed by atoms with Gasteiger partial charge in [0, 0.05) is 31.8 Å². The number of ether oxygens (including phenoxy) is 1. The molecule has 5 nitrogen and oxygen atoms in total. The largest absolute Gasteiger partial charge is 0.381 e. The van der Waals surface area contributed by atoms with Crippen LogP contribution in [0.25, 0.3) is 0 Å². The van der Waals surface area contributed by atoms with E-state index in [2.05, 4.69) is 28.7 Å². The molecule has 138 valence electrons. The Kier molecular flexibility index (Phi) is 6.53. The third-order valence-corrected chi connectivity index (χ3v) is 6.23. The Morgan fingerprint density at radius 2 is 1.92 bits per heavy atom. The summed E-state index contributed by atoms with van der Waals surface area (Å²) in [6.07, 6.45) is 7.20. The molecule has 0 aromatic heterocycles. The first kappa shape index (κ1) is 18.2. The number of nitrogens with zero attached hydrogens (tertiary/aromatic N) is 3. The maximum Gasteiger partial charge on any atom is 0.236 e. The van der Waals surface area contributed by atoms with E-state index >= 15 is 0 Å². The van der Waals surface area contributed by atoms with Gasteiger partial charge >= 0.3 is 0 Å². The molecule has 0 radical (unpaired) electrons. The summed E-state index contributed by atoms with van der Waals surface area (Å²) in [5.41, 5.74) is 0. The van der Waals surface area contributed by atoms with Gasteiger partial charge in [0.1, 0.15) is 0 Å². The van der Waals surface area contributed by atoms with E-state index in [9.17, 15) is 4.79 Å². The molecule has 0 bridgehead atoms. The molecule has 0 N–H and O–H groups in total. The SMILES string of the molecule is C[C@@H]1CCCCN1C(=O)CN(C)C1CCN(C[C@@H]2CCOC2)CC1. The summed E-state index contributed by atoms with van der Waals surface area (Å²) in [6, 6.07) is 0.986. The second kappa shape index (κ2) is 8.63. The average molecular weight is 338 g/mol. The topological polar surface area (TPSA) is 36.0 Å². The van der Waals surface area contributed by atoms with Crippen molar-refractivity contribution in [1.29, 1.82) is 0 Å². The summed E-state index contributed by atoms with van der Waals surface area (Å²) in [4.78, 5) is 19.6. The van der Waals surface area contributed by atoms with Crippen molar-refractivity contribution < 1.29 is 9.53 Å². The molecule has 3 aliphatic rings. The minimum Gasteiger partial charge on any atom is -0.381 e. The lowest BCUT2D eigenvalue weighted by atomic mass is 10.0. The predicted molar refractivity (Wildman–Crippen MR) is 96.0 cm³/mol. The van der Waals surface area contributed by atoms with Crippen molar-refractivity contribution in [2.45, 2.75) is 57.5 Å². The van der Waals surface area contributed by atoms with Crippen molar-refractivity contribution >= 4 is 5.91 Å². The summed E-state index contributed by atoms with van der Waals surface area (Å²) >= 11 is 0. The normalized spacial score (nSPS) is 30.2. The number of hydrogen-bond donors (Lipinski definition) is 0. The Morgan fingerprint density at radius 1 is 1.12 bits per heavy atom. The predicted octanol–water partition coefficient (Wildman–Crippen LogP) is 1.82. The number of carbonyl (C=O) groups excluding carboxylic acids is 1. The molecule has 0 spiro atoms. The third kappa shape index (κ3) is 4.70. The molecular weight excluding hydrogens is 302 g/mol. The quantitative estimate of drug-likeness (QED) is 0.767. The zero-order chi connectivity index (χ0) is 16.9. The van der Waals surface area contributed by atoms with Crippen LogP contribution in [0.15, 0.2) is 0 Å². The van der Waals surface area contributed by atoms with Crippen LogP contribution in [0, 0.1) is 5.92 Å². The Bertz CT molecular complexity index is 403. The van der Waals surface area contributed by atoms with Crippen LogP contribution in [-0.4, -0.2) is 85.7 Å². The van der Waals surface area contributed by atoms with E-state index in [1.165, 1.54) is 58.2 Å². The Balaban J connectivity index is 1.39. The monoisotopic (exact) mass is 337 g/mol. The molecule has 3 rings (SSSR count). The molecular formula is C19H35N3O2. The molecule has 3 heterocycles. The first-order valence-electron chi connectivity index (χ1n) is 9.93. The van der Waals surface area contributed by atoms with E-state index in [0.29, 0.717) is 24.5 Å². The summed E-state index contributed by atoms with van der Waals surface area (Å²) < 4.78 is 5.49. The van der Waals surface area contributed by atoms with Gasteiger partial charge in [0.2, 0.25) is 5.91 Å². The maximum atomic E-state index is 12.6. The minimum absolute atomic E-state index is 0.329. The second-order valence-corrected chi connectivity index (χ2v) is 8.11. The van der Waals surface area contributed by atoms with Gasteiger partial charge in [-0.05, 0) is 71.5 Å². The van der Waals surface area contributed by atoms with Crippen LogP contribution in [0.2, 0.25) is 0 Å². The smallest absolute Gasteiger partial charge is 0.236 e. The van der Waals surface area contributed by atoms with Gasteiger partial charge in [0.25, 0.3) is 0 Å². The van der Waals surface area contributed by atoms with Crippen LogP contribution >= 0.6 is 0 Å². The van der Waals surface area contributed by atoms with Crippen molar-refractivity contribution in [2.24, 2.45) is 5.92 Å². The van der Waals surface area contributed by atoms with Gasteiger partial charge in [-0.25, -0.2) is 0 Å². The lowest BCUT2D eigenvalue weighted by molar-refractivity contribution is -0.136. The van der Waals surface area contributed by atoms with Gasteiger partial charge in [-0.3, -0.25) is 9.69 Å². The fourth-order valence-corrected chi connectivity index (χ4v) is 4.54. The molecule has 24 heavy (non-hydrogen) atoms. The van der Waals surface area contributed by atoms with Gasteiger partial charge in [-0.2, -0.15) is 0 Å². The van der Waals surface area contributed by atoms with E-state index in [1.807, 2.05) is 0 Å². The van der Waals surface area contributed by atoms with Crippen LogP contribution in [-0.2, 0) is 9.53 Å². The van der Waals surface area contributed by atoms with Crippen LogP contribution in [0.4, 0.5) is 0 Å². The summed E-state index contributed by atoms with van der Waals surface area (Å²) in [7, 11) is 2.14. The Labute approximate surface area is 147 Å². The van der Waals surface area contributed by atoms with E-state index in [1.54, 1.807) is 0 Å². The van der Waals surface area contributed by atoms with Gasteiger partial charge in [0.05, 0.1) is 13.2 Å². The highest BCUT2D eigenvalue weighted by Gasteiger charge is 2.29. The van der Waals surface area contributed by atoms with Gasteiger partial charge < -0.3 is 14.5 Å². The highest BCUT2D eigenvalue weighted by atomic mass is 16.5. The number of carbonyl (C=O) groups is 1. The molecule has 1 amide bonds. The Morgan fingerprint density at radius 3 is 2.58 bits per heavy atom. The van der Waals surface area contributed by atoms with E-state index in [0.717, 1.165) is 25.7 Å². The lowest BCUT2D eigenvalue weighted by Gasteiger charge is -2.39. The molecule has 0 unspecified atom stereocenters. The van der Waals surface area contributed by atoms with Gasteiger partial charge in [0.15, 0.2) is 0 Å². The van der Waals surface area contributed by atoms with Crippen molar-refractivity contribution in [1.82, 2.24) is 14.7 Å². The highest BCUT2D eigenvalue weighted by Crippen LogP contribution is 2.21. The van der Waals surface area contributed by atoms with Crippen molar-refractivity contribution in [3.63, 3.8) is 0 Å². The van der Waals surface area contributed by atoms with Crippen LogP contribution in [0.5, 0.6) is 0 Å². The first-order chi connectivity index (χ1) is 11.6. The zero-order valence-corrected chi connectivity index (χ0v) is 15.6. The number of rotatable bonds is 5. The summed E-state index contributed by atoms with van der Waals surface area (Å²) in [5, 5.41) is 0. The molecule has 3 fully saturated rings. The van der Waals surface area contributed by atoms with Crippen molar-refractivity contribution in [3.05, 3.63) is 0 Å². The fraction of sp³-hybridized carbons (Fsp3) is 0.947. The highest BCUT2D eigenvalue weighted by molar-refractivity contribution is 5.78. The molecule has 5 heteroatoms. The van der Waals surface area contributed by atoms with Gasteiger partial charge in [-0.1, -0.05) is 0 Å². The number of hydrogen-bond acceptors (Lipinski definition) is 4. The van der Waals surface area contributed by atoms with Crippen LogP contribution < -0.4 is 0 Å². The number of likely N-dealkylation sites (tertiary alicyclic amines) is 2. The zero-order valence-electron chi connectivity index (χ0n) is 15.6. The first-order valence-corrected chi connectivity index (χ1v) is 9.93. The lowest BCUT2D eigenvalue weighted by Crippen LogP contribution is -2.50. The fourth-order valence-electron chi connectivity index (χ4n) is 4.54. The summed E-state index contributed by atoms with van der Waals surface area (Å²) in [6.45, 7) is 9.16. The van der Waals surface area contributed by atoms with Gasteiger partial charge in [-0.15, -0.1) is 0 Å². The maximum absolute atomic E-state index is 12.6. The van der Waals surface area contributed by atoms with Crippen LogP contribution in [0.1, 0.15) is 45.4 Å². The Hall–Kier alpha value is -0.650. The number of piperidine rings is 2. The van der Waals surface area contributed by atoms with E-state index in [4.69, 9.17) is 4.74 Å². The van der Waals surface area contributed by atoms with Crippen LogP contribution in [0.3, 0.4) is 0 Å². The number of likely N-dealkylation sites (N-methyl/N-ethyl adjacent to an activating group) is 1. The molecule has 3 saturated heterocycles. The van der Waals surface area contributed by atoms with E-state index in [-0.39, 0.29) is 0 Å².